The maximum atomic E-state index is 14.3. The molecule has 10 nitrogen and oxygen atoms in total. The quantitative estimate of drug-likeness (QED) is 0.416. The topological polar surface area (TPSA) is 112 Å². The Morgan fingerprint density at radius 3 is 2.57 bits per heavy atom. The first-order valence-electron chi connectivity index (χ1n) is 11.1. The molecular weight excluding hydrogens is 495 g/mol. The van der Waals surface area contributed by atoms with E-state index in [0.29, 0.717) is 18.8 Å². The summed E-state index contributed by atoms with van der Waals surface area (Å²) in [5.74, 6) is -2.19. The van der Waals surface area contributed by atoms with Crippen LogP contribution in [0.3, 0.4) is 0 Å². The molecule has 192 valence electrons. The number of ether oxygens (including phenoxy) is 2. The van der Waals surface area contributed by atoms with Crippen molar-refractivity contribution >= 4 is 16.7 Å². The van der Waals surface area contributed by atoms with Gasteiger partial charge in [-0.25, -0.2) is 22.5 Å². The van der Waals surface area contributed by atoms with Crippen molar-refractivity contribution in [3.8, 4) is 23.0 Å². The molecule has 0 bridgehead atoms. The molecule has 0 saturated carbocycles. The van der Waals surface area contributed by atoms with Gasteiger partial charge in [0.05, 0.1) is 42.5 Å². The number of hydrogen-bond donors (Lipinski definition) is 1. The van der Waals surface area contributed by atoms with Crippen molar-refractivity contribution in [2.75, 3.05) is 32.0 Å². The van der Waals surface area contributed by atoms with Crippen LogP contribution >= 0.6 is 0 Å². The van der Waals surface area contributed by atoms with E-state index in [9.17, 15) is 27.9 Å². The number of alkyl halides is 1. The summed E-state index contributed by atoms with van der Waals surface area (Å²) in [4.78, 5) is 37.6. The average Bonchev–Trinajstić information content (AvgIpc) is 3.32. The number of aliphatic hydroxyl groups excluding tert-OH is 1. The molecule has 0 spiro atoms. The third-order valence-electron chi connectivity index (χ3n) is 6.01. The third kappa shape index (κ3) is 4.27. The summed E-state index contributed by atoms with van der Waals surface area (Å²) in [5.41, 5.74) is -1.90. The fourth-order valence-electron chi connectivity index (χ4n) is 4.31. The molecule has 1 aliphatic heterocycles. The van der Waals surface area contributed by atoms with Crippen LogP contribution in [0.1, 0.15) is 6.42 Å². The van der Waals surface area contributed by atoms with Gasteiger partial charge in [0.1, 0.15) is 17.0 Å². The lowest BCUT2D eigenvalue weighted by molar-refractivity contribution is 0.191. The summed E-state index contributed by atoms with van der Waals surface area (Å²) in [6, 6.07) is 5.53. The molecule has 4 heterocycles. The Balaban J connectivity index is 1.88. The van der Waals surface area contributed by atoms with Gasteiger partial charge in [0.2, 0.25) is 12.7 Å². The lowest BCUT2D eigenvalue weighted by Crippen LogP contribution is -2.39. The van der Waals surface area contributed by atoms with E-state index in [0.717, 1.165) is 21.3 Å². The van der Waals surface area contributed by atoms with Gasteiger partial charge in [-0.15, -0.1) is 0 Å². The van der Waals surface area contributed by atoms with E-state index in [1.165, 1.54) is 37.7 Å². The Morgan fingerprint density at radius 2 is 1.89 bits per heavy atom. The molecule has 0 aliphatic carbocycles. The largest absolute Gasteiger partial charge is 0.480 e. The normalized spacial score (nSPS) is 15.4. The number of halogens is 3. The number of aromatic nitrogens is 4. The van der Waals surface area contributed by atoms with E-state index in [1.54, 1.807) is 4.90 Å². The van der Waals surface area contributed by atoms with Crippen LogP contribution in [0.4, 0.5) is 19.0 Å². The lowest BCUT2D eigenvalue weighted by atomic mass is 10.2. The van der Waals surface area contributed by atoms with Crippen LogP contribution in [0.2, 0.25) is 0 Å². The van der Waals surface area contributed by atoms with Crippen LogP contribution in [0.25, 0.3) is 22.3 Å². The number of fused-ring (bicyclic) bond motifs is 1. The van der Waals surface area contributed by atoms with E-state index < -0.39 is 35.8 Å². The molecule has 37 heavy (non-hydrogen) atoms. The van der Waals surface area contributed by atoms with Crippen molar-refractivity contribution < 1.29 is 27.8 Å². The number of nitrogens with zero attached hydrogens (tertiary/aromatic N) is 5. The number of pyridine rings is 2. The van der Waals surface area contributed by atoms with Gasteiger partial charge in [-0.05, 0) is 18.6 Å². The summed E-state index contributed by atoms with van der Waals surface area (Å²) >= 11 is 0. The number of rotatable bonds is 6. The minimum atomic E-state index is -1.21. The molecule has 3 aromatic heterocycles. The second-order valence-electron chi connectivity index (χ2n) is 8.26. The van der Waals surface area contributed by atoms with Crippen LogP contribution in [0.15, 0.2) is 52.3 Å². The van der Waals surface area contributed by atoms with Gasteiger partial charge >= 0.3 is 5.69 Å². The number of hydrogen-bond acceptors (Lipinski definition) is 8. The molecule has 13 heteroatoms. The zero-order chi connectivity index (χ0) is 26.3. The molecule has 4 aromatic rings. The molecule has 1 aliphatic rings. The van der Waals surface area contributed by atoms with Crippen molar-refractivity contribution in [1.82, 2.24) is 19.1 Å². The first-order valence-corrected chi connectivity index (χ1v) is 11.1. The van der Waals surface area contributed by atoms with Crippen molar-refractivity contribution in [1.29, 1.82) is 0 Å². The lowest BCUT2D eigenvalue weighted by Gasteiger charge is -2.21. The van der Waals surface area contributed by atoms with Gasteiger partial charge in [-0.1, -0.05) is 0 Å². The van der Waals surface area contributed by atoms with Crippen LogP contribution in [0, 0.1) is 11.6 Å². The molecular formula is C24H20F3N5O5. The summed E-state index contributed by atoms with van der Waals surface area (Å²) in [7, 11) is 1.29. The molecule has 1 saturated heterocycles. The van der Waals surface area contributed by atoms with Crippen LogP contribution < -0.4 is 25.6 Å². The monoisotopic (exact) mass is 515 g/mol. The highest BCUT2D eigenvalue weighted by atomic mass is 19.2. The summed E-state index contributed by atoms with van der Waals surface area (Å²) in [6.45, 7) is -0.438. The molecule has 0 unspecified atom stereocenters. The number of anilines is 1. The molecule has 1 atom stereocenters. The third-order valence-corrected chi connectivity index (χ3v) is 6.01. The predicted molar refractivity (Wildman–Crippen MR) is 127 cm³/mol. The highest BCUT2D eigenvalue weighted by Gasteiger charge is 2.26. The highest BCUT2D eigenvalue weighted by molar-refractivity contribution is 5.87. The van der Waals surface area contributed by atoms with Crippen molar-refractivity contribution in [3.63, 3.8) is 0 Å². The van der Waals surface area contributed by atoms with Crippen molar-refractivity contribution in [2.24, 2.45) is 0 Å². The highest BCUT2D eigenvalue weighted by Crippen LogP contribution is 2.29. The van der Waals surface area contributed by atoms with E-state index in [-0.39, 0.29) is 40.5 Å². The van der Waals surface area contributed by atoms with E-state index in [2.05, 4.69) is 9.97 Å². The van der Waals surface area contributed by atoms with Gasteiger partial charge in [0.15, 0.2) is 11.6 Å². The second kappa shape index (κ2) is 9.58. The van der Waals surface area contributed by atoms with E-state index >= 15 is 0 Å². The summed E-state index contributed by atoms with van der Waals surface area (Å²) in [6.07, 6.45) is 2.29. The first kappa shape index (κ1) is 24.3. The Morgan fingerprint density at radius 1 is 1.08 bits per heavy atom. The molecule has 1 N–H and O–H groups in total. The van der Waals surface area contributed by atoms with Crippen molar-refractivity contribution in [3.05, 3.63) is 75.2 Å². The van der Waals surface area contributed by atoms with E-state index in [4.69, 9.17) is 9.47 Å². The van der Waals surface area contributed by atoms with Crippen LogP contribution in [-0.2, 0) is 0 Å². The van der Waals surface area contributed by atoms with Crippen molar-refractivity contribution in [2.45, 2.75) is 12.5 Å². The molecule has 1 fully saturated rings. The fourth-order valence-corrected chi connectivity index (χ4v) is 4.31. The van der Waals surface area contributed by atoms with Gasteiger partial charge in [0.25, 0.3) is 5.56 Å². The maximum absolute atomic E-state index is 14.3. The smallest absolute Gasteiger partial charge is 0.340 e. The molecule has 0 radical (unpaired) electrons. The first-order chi connectivity index (χ1) is 17.8. The van der Waals surface area contributed by atoms with Gasteiger partial charge in [-0.3, -0.25) is 14.3 Å². The summed E-state index contributed by atoms with van der Waals surface area (Å²) in [5, 5.41) is 9.84. The Bertz CT molecular complexity index is 1620. The summed E-state index contributed by atoms with van der Waals surface area (Å²) < 4.78 is 52.7. The molecule has 5 rings (SSSR count). The number of aliphatic hydroxyl groups is 1. The van der Waals surface area contributed by atoms with Gasteiger partial charge < -0.3 is 19.5 Å². The number of benzene rings is 1. The number of β-amino-alcohol motifs (C(OH)–C–C–N with tert-alkyl or cyclic N) is 1. The maximum Gasteiger partial charge on any atom is 0.340 e. The minimum absolute atomic E-state index is 0.0182. The van der Waals surface area contributed by atoms with Crippen LogP contribution in [0.5, 0.6) is 11.6 Å². The SMILES string of the molecule is COc1nc(N2CC[C@@H](O)C2)cc2c1c(=O)n(-c1cncc(OCF)c1)c(=O)n2-c1ccc(F)c(F)c1. The predicted octanol–water partition coefficient (Wildman–Crippen LogP) is 2.10. The van der Waals surface area contributed by atoms with Gasteiger partial charge in [0, 0.05) is 31.3 Å². The average molecular weight is 515 g/mol. The van der Waals surface area contributed by atoms with E-state index in [1.807, 2.05) is 0 Å². The minimum Gasteiger partial charge on any atom is -0.480 e. The molecule has 0 amide bonds. The fraction of sp³-hybridized carbons (Fsp3) is 0.250. The number of methoxy groups -OCH3 is 1. The second-order valence-corrected chi connectivity index (χ2v) is 8.26. The Labute approximate surface area is 206 Å². The Kier molecular flexibility index (Phi) is 6.29. The zero-order valence-electron chi connectivity index (χ0n) is 19.4. The zero-order valence-corrected chi connectivity index (χ0v) is 19.4. The van der Waals surface area contributed by atoms with Gasteiger partial charge in [-0.2, -0.15) is 4.98 Å². The van der Waals surface area contributed by atoms with Crippen LogP contribution in [-0.4, -0.2) is 57.4 Å². The Hall–Kier alpha value is -4.39. The standard InChI is InChI=1S/C24H20F3N5O5/c1-36-22-21-19(8-20(29-22)30-5-4-15(33)11-30)31(13-2-3-17(26)18(27)7-13)24(35)32(23(21)34)14-6-16(37-12-25)10-28-9-14/h2-3,6-10,15,33H,4-5,11-12H2,1H3/t15-/m1/s1. The molecule has 1 aromatic carbocycles.